The van der Waals surface area contributed by atoms with Crippen molar-refractivity contribution in [1.29, 1.82) is 0 Å². The molecule has 1 aliphatic rings. The summed E-state index contributed by atoms with van der Waals surface area (Å²) in [6.07, 6.45) is 0.200. The van der Waals surface area contributed by atoms with Crippen molar-refractivity contribution in [3.63, 3.8) is 0 Å². The number of nitrogens with zero attached hydrogens (tertiary/aromatic N) is 1. The van der Waals surface area contributed by atoms with Crippen LogP contribution >= 0.6 is 11.8 Å². The van der Waals surface area contributed by atoms with Gasteiger partial charge in [-0.3, -0.25) is 9.59 Å². The minimum Gasteiger partial charge on any atom is -0.497 e. The number of benzene rings is 3. The van der Waals surface area contributed by atoms with Crippen LogP contribution in [0.5, 0.6) is 5.75 Å². The third-order valence-electron chi connectivity index (χ3n) is 5.00. The van der Waals surface area contributed by atoms with Crippen LogP contribution in [0.4, 0.5) is 11.4 Å². The number of rotatable bonds is 6. The summed E-state index contributed by atoms with van der Waals surface area (Å²) in [6, 6.07) is 25.0. The normalized spacial score (nSPS) is 15.8. The van der Waals surface area contributed by atoms with E-state index in [2.05, 4.69) is 5.32 Å². The first-order valence-electron chi connectivity index (χ1n) is 9.71. The molecule has 1 heterocycles. The minimum absolute atomic E-state index is 0.0488. The fourth-order valence-corrected chi connectivity index (χ4v) is 4.33. The molecule has 5 nitrogen and oxygen atoms in total. The molecule has 1 atom stereocenters. The predicted molar refractivity (Wildman–Crippen MR) is 119 cm³/mol. The molecule has 152 valence electrons. The first-order valence-corrected chi connectivity index (χ1v) is 10.5. The Morgan fingerprint density at radius 3 is 2.43 bits per heavy atom. The van der Waals surface area contributed by atoms with Crippen LogP contribution in [0, 0.1) is 5.92 Å². The van der Waals surface area contributed by atoms with Crippen LogP contribution in [0.15, 0.2) is 88.7 Å². The molecule has 3 aromatic rings. The van der Waals surface area contributed by atoms with E-state index in [4.69, 9.17) is 4.74 Å². The molecule has 2 amide bonds. The van der Waals surface area contributed by atoms with E-state index in [-0.39, 0.29) is 18.2 Å². The van der Waals surface area contributed by atoms with Crippen LogP contribution in [0.1, 0.15) is 6.42 Å². The van der Waals surface area contributed by atoms with Crippen LogP contribution in [0.25, 0.3) is 0 Å². The lowest BCUT2D eigenvalue weighted by Gasteiger charge is -2.17. The molecule has 1 N–H and O–H groups in total. The molecular weight excluding hydrogens is 396 g/mol. The maximum atomic E-state index is 12.9. The number of hydrogen-bond acceptors (Lipinski definition) is 4. The van der Waals surface area contributed by atoms with Crippen LogP contribution in [-0.2, 0) is 9.59 Å². The molecule has 1 saturated heterocycles. The Labute approximate surface area is 180 Å². The summed E-state index contributed by atoms with van der Waals surface area (Å²) in [6.45, 7) is 0.366. The molecule has 30 heavy (non-hydrogen) atoms. The van der Waals surface area contributed by atoms with Crippen LogP contribution in [-0.4, -0.2) is 25.5 Å². The van der Waals surface area contributed by atoms with E-state index >= 15 is 0 Å². The molecule has 1 aliphatic heterocycles. The molecule has 0 saturated carbocycles. The number of hydrogen-bond donors (Lipinski definition) is 1. The van der Waals surface area contributed by atoms with Gasteiger partial charge in [0, 0.05) is 28.4 Å². The molecule has 4 rings (SSSR count). The fourth-order valence-electron chi connectivity index (χ4n) is 3.40. The van der Waals surface area contributed by atoms with Crippen molar-refractivity contribution in [1.82, 2.24) is 0 Å². The molecule has 0 unspecified atom stereocenters. The van der Waals surface area contributed by atoms with E-state index in [1.165, 1.54) is 0 Å². The van der Waals surface area contributed by atoms with Gasteiger partial charge in [-0.2, -0.15) is 0 Å². The summed E-state index contributed by atoms with van der Waals surface area (Å²) >= 11 is 1.60. The maximum Gasteiger partial charge on any atom is 0.229 e. The Kier molecular flexibility index (Phi) is 6.05. The van der Waals surface area contributed by atoms with E-state index < -0.39 is 5.92 Å². The van der Waals surface area contributed by atoms with E-state index in [0.717, 1.165) is 26.9 Å². The van der Waals surface area contributed by atoms with Gasteiger partial charge in [-0.05, 0) is 48.5 Å². The smallest absolute Gasteiger partial charge is 0.229 e. The molecule has 3 aromatic carbocycles. The Balaban J connectivity index is 1.45. The molecule has 1 fully saturated rings. The van der Waals surface area contributed by atoms with Crippen LogP contribution in [0.3, 0.4) is 0 Å². The second-order valence-corrected chi connectivity index (χ2v) is 8.12. The molecule has 0 radical (unpaired) electrons. The highest BCUT2D eigenvalue weighted by Crippen LogP contribution is 2.34. The van der Waals surface area contributed by atoms with Gasteiger partial charge in [0.2, 0.25) is 11.8 Å². The highest BCUT2D eigenvalue weighted by atomic mass is 32.2. The molecule has 0 aliphatic carbocycles. The molecule has 6 heteroatoms. The van der Waals surface area contributed by atoms with Crippen molar-refractivity contribution in [2.75, 3.05) is 23.9 Å². The van der Waals surface area contributed by atoms with Gasteiger partial charge in [0.15, 0.2) is 0 Å². The van der Waals surface area contributed by atoms with Gasteiger partial charge in [0.05, 0.1) is 18.7 Å². The van der Waals surface area contributed by atoms with Gasteiger partial charge in [-0.15, -0.1) is 0 Å². The van der Waals surface area contributed by atoms with Crippen molar-refractivity contribution in [2.24, 2.45) is 5.92 Å². The third kappa shape index (κ3) is 4.49. The molecule has 0 bridgehead atoms. The van der Waals surface area contributed by atoms with Crippen molar-refractivity contribution in [2.45, 2.75) is 16.2 Å². The number of nitrogens with one attached hydrogen (secondary N) is 1. The number of ether oxygens (including phenoxy) is 1. The number of para-hydroxylation sites is 1. The summed E-state index contributed by atoms with van der Waals surface area (Å²) in [7, 11) is 1.60. The third-order valence-corrected chi connectivity index (χ3v) is 6.08. The monoisotopic (exact) mass is 418 g/mol. The first kappa shape index (κ1) is 20.0. The predicted octanol–water partition coefficient (Wildman–Crippen LogP) is 4.84. The van der Waals surface area contributed by atoms with Crippen molar-refractivity contribution in [3.8, 4) is 5.75 Å². The Bertz CT molecular complexity index is 1040. The summed E-state index contributed by atoms with van der Waals surface area (Å²) < 4.78 is 5.17. The van der Waals surface area contributed by atoms with Gasteiger partial charge < -0.3 is 15.0 Å². The second kappa shape index (κ2) is 9.05. The quantitative estimate of drug-likeness (QED) is 0.622. The minimum atomic E-state index is -0.394. The largest absolute Gasteiger partial charge is 0.497 e. The number of carbonyl (C=O) groups is 2. The fraction of sp³-hybridized carbons (Fsp3) is 0.167. The zero-order valence-electron chi connectivity index (χ0n) is 16.6. The van der Waals surface area contributed by atoms with Crippen LogP contribution in [0.2, 0.25) is 0 Å². The van der Waals surface area contributed by atoms with Gasteiger partial charge in [0.25, 0.3) is 0 Å². The first-order chi connectivity index (χ1) is 14.6. The van der Waals surface area contributed by atoms with E-state index in [1.807, 2.05) is 78.9 Å². The van der Waals surface area contributed by atoms with E-state index in [1.54, 1.807) is 23.8 Å². The van der Waals surface area contributed by atoms with Crippen molar-refractivity contribution < 1.29 is 14.3 Å². The summed E-state index contributed by atoms with van der Waals surface area (Å²) in [4.78, 5) is 29.2. The lowest BCUT2D eigenvalue weighted by molar-refractivity contribution is -0.122. The topological polar surface area (TPSA) is 58.6 Å². The van der Waals surface area contributed by atoms with Gasteiger partial charge in [-0.1, -0.05) is 42.1 Å². The number of carbonyl (C=O) groups excluding carboxylic acids is 2. The average Bonchev–Trinajstić information content (AvgIpc) is 3.18. The van der Waals surface area contributed by atoms with Gasteiger partial charge in [0.1, 0.15) is 5.75 Å². The SMILES string of the molecule is COc1ccc(N2C[C@@H](C(=O)Nc3ccccc3Sc3ccccc3)CC2=O)cc1. The number of amides is 2. The molecular formula is C24H22N2O3S. The van der Waals surface area contributed by atoms with Gasteiger partial charge in [-0.25, -0.2) is 0 Å². The van der Waals surface area contributed by atoms with Gasteiger partial charge >= 0.3 is 0 Å². The zero-order chi connectivity index (χ0) is 20.9. The zero-order valence-corrected chi connectivity index (χ0v) is 17.4. The highest BCUT2D eigenvalue weighted by molar-refractivity contribution is 7.99. The van der Waals surface area contributed by atoms with Crippen LogP contribution < -0.4 is 15.0 Å². The molecule has 0 spiro atoms. The average molecular weight is 419 g/mol. The molecule has 0 aromatic heterocycles. The standard InChI is InChI=1S/C24H22N2O3S/c1-29-19-13-11-18(12-14-19)26-16-17(15-23(26)27)24(28)25-21-9-5-6-10-22(21)30-20-7-3-2-4-8-20/h2-14,17H,15-16H2,1H3,(H,25,28)/t17-/m0/s1. The van der Waals surface area contributed by atoms with E-state index in [0.29, 0.717) is 6.54 Å². The Morgan fingerprint density at radius 2 is 1.70 bits per heavy atom. The van der Waals surface area contributed by atoms with E-state index in [9.17, 15) is 9.59 Å². The highest BCUT2D eigenvalue weighted by Gasteiger charge is 2.35. The lowest BCUT2D eigenvalue weighted by Crippen LogP contribution is -2.28. The van der Waals surface area contributed by atoms with Crippen molar-refractivity contribution in [3.05, 3.63) is 78.9 Å². The Hall–Kier alpha value is -3.25. The number of methoxy groups -OCH3 is 1. The Morgan fingerprint density at radius 1 is 1.00 bits per heavy atom. The second-order valence-electron chi connectivity index (χ2n) is 7.00. The summed E-state index contributed by atoms with van der Waals surface area (Å²) in [5.41, 5.74) is 1.53. The summed E-state index contributed by atoms with van der Waals surface area (Å²) in [5, 5.41) is 3.02. The van der Waals surface area contributed by atoms with Crippen molar-refractivity contribution >= 4 is 35.0 Å². The number of anilines is 2. The maximum absolute atomic E-state index is 12.9. The summed E-state index contributed by atoms with van der Waals surface area (Å²) in [5.74, 6) is 0.148. The lowest BCUT2D eigenvalue weighted by atomic mass is 10.1.